The van der Waals surface area contributed by atoms with E-state index in [-0.39, 0.29) is 84.8 Å². The summed E-state index contributed by atoms with van der Waals surface area (Å²) in [5.74, 6) is -3.06. The molecular weight excluding hydrogens is 710 g/mol. The molecule has 4 heterocycles. The van der Waals surface area contributed by atoms with Gasteiger partial charge in [-0.1, -0.05) is 25.3 Å². The predicted octanol–water partition coefficient (Wildman–Crippen LogP) is 4.55. The summed E-state index contributed by atoms with van der Waals surface area (Å²) in [6.07, 6.45) is 14.3. The number of carbonyl (C=O) groups excluding carboxylic acids is 6. The molecule has 13 nitrogen and oxygen atoms in total. The Labute approximate surface area is 321 Å². The van der Waals surface area contributed by atoms with E-state index in [0.717, 1.165) is 55.1 Å². The number of esters is 4. The van der Waals surface area contributed by atoms with Crippen molar-refractivity contribution in [3.63, 3.8) is 0 Å². The number of allylic oxidation sites excluding steroid dienone is 3. The Hall–Kier alpha value is -4.62. The lowest BCUT2D eigenvalue weighted by Gasteiger charge is -2.20. The molecule has 0 aromatic rings. The van der Waals surface area contributed by atoms with Crippen LogP contribution < -0.4 is 5.32 Å². The van der Waals surface area contributed by atoms with Gasteiger partial charge in [0.2, 0.25) is 5.91 Å². The van der Waals surface area contributed by atoms with Crippen LogP contribution in [0.1, 0.15) is 84.5 Å². The Morgan fingerprint density at radius 1 is 0.764 bits per heavy atom. The van der Waals surface area contributed by atoms with Crippen molar-refractivity contribution in [2.75, 3.05) is 19.8 Å². The highest BCUT2D eigenvalue weighted by molar-refractivity contribution is 5.96. The molecule has 6 rings (SSSR count). The van der Waals surface area contributed by atoms with Crippen LogP contribution in [0.3, 0.4) is 0 Å². The Kier molecular flexibility index (Phi) is 12.4. The van der Waals surface area contributed by atoms with Crippen LogP contribution in [0.25, 0.3) is 0 Å². The number of hydrogen-bond donors (Lipinski definition) is 1. The zero-order valence-electron chi connectivity index (χ0n) is 31.6. The molecule has 1 N–H and O–H groups in total. The van der Waals surface area contributed by atoms with Crippen molar-refractivity contribution < 1.29 is 57.2 Å². The third kappa shape index (κ3) is 9.98. The number of rotatable bonds is 13. The fraction of sp³-hybridized carbons (Fsp3) is 0.571. The lowest BCUT2D eigenvalue weighted by atomic mass is 9.84. The van der Waals surface area contributed by atoms with Gasteiger partial charge in [0.1, 0.15) is 37.6 Å². The molecule has 0 aromatic carbocycles. The summed E-state index contributed by atoms with van der Waals surface area (Å²) in [7, 11) is 0. The molecule has 8 atom stereocenters. The Balaban J connectivity index is 0.835. The number of ketones is 1. The molecule has 4 fully saturated rings. The second-order valence-corrected chi connectivity index (χ2v) is 15.7. The number of unbranched alkanes of at least 4 members (excludes halogenated alkanes) is 1. The van der Waals surface area contributed by atoms with Gasteiger partial charge >= 0.3 is 23.9 Å². The van der Waals surface area contributed by atoms with E-state index in [1.165, 1.54) is 6.08 Å². The van der Waals surface area contributed by atoms with Crippen LogP contribution in [0.4, 0.5) is 0 Å². The first-order valence-electron chi connectivity index (χ1n) is 19.3. The maximum Gasteiger partial charge on any atom is 0.334 e. The van der Waals surface area contributed by atoms with Crippen LogP contribution in [0.15, 0.2) is 71.9 Å². The summed E-state index contributed by atoms with van der Waals surface area (Å²) in [6, 6.07) is 0. The van der Waals surface area contributed by atoms with Crippen LogP contribution in [-0.4, -0.2) is 90.9 Å². The number of nitrogens with one attached hydrogen (secondary N) is 1. The van der Waals surface area contributed by atoms with Gasteiger partial charge in [-0.15, -0.1) is 0 Å². The Morgan fingerprint density at radius 2 is 1.25 bits per heavy atom. The second kappa shape index (κ2) is 17.0. The van der Waals surface area contributed by atoms with E-state index in [2.05, 4.69) is 24.6 Å². The Morgan fingerprint density at radius 3 is 1.76 bits per heavy atom. The SMILES string of the molecule is C=C1C(=O)O[C@H]2[C@H]1CC/C(COC(=O)/C=C/C(=O)CCCCNC(=O)/C=C/C(=O)OC/C1=C/CC[C@@]3(C)O[C@H]3[C@H]3OC(=O)C(=C)[C@@H]3CC1)=C\CC[C@@]1(C)O[C@@H]21. The van der Waals surface area contributed by atoms with E-state index in [0.29, 0.717) is 56.2 Å². The topological polar surface area (TPSA) is 176 Å². The molecule has 0 bridgehead atoms. The normalized spacial score (nSPS) is 34.7. The van der Waals surface area contributed by atoms with Gasteiger partial charge in [-0.2, -0.15) is 0 Å². The molecule has 0 unspecified atom stereocenters. The zero-order valence-corrected chi connectivity index (χ0v) is 31.6. The summed E-state index contributed by atoms with van der Waals surface area (Å²) in [5.41, 5.74) is 2.04. The second-order valence-electron chi connectivity index (χ2n) is 15.7. The molecular formula is C42H51NO12. The molecule has 0 aromatic heterocycles. The average Bonchev–Trinajstić information content (AvgIpc) is 3.96. The molecule has 4 aliphatic heterocycles. The van der Waals surface area contributed by atoms with Gasteiger partial charge in [0, 0.05) is 54.2 Å². The minimum absolute atomic E-state index is 0.0661. The van der Waals surface area contributed by atoms with Gasteiger partial charge in [-0.25, -0.2) is 19.2 Å². The molecule has 13 heteroatoms. The van der Waals surface area contributed by atoms with Gasteiger partial charge in [0.25, 0.3) is 0 Å². The van der Waals surface area contributed by atoms with Gasteiger partial charge in [-0.05, 0) is 95.3 Å². The van der Waals surface area contributed by atoms with Crippen molar-refractivity contribution in [3.8, 4) is 0 Å². The molecule has 296 valence electrons. The minimum Gasteiger partial charge on any atom is -0.458 e. The van der Waals surface area contributed by atoms with Gasteiger partial charge in [-0.3, -0.25) is 9.59 Å². The highest BCUT2D eigenvalue weighted by atomic mass is 16.7. The van der Waals surface area contributed by atoms with E-state index in [1.807, 2.05) is 19.9 Å². The van der Waals surface area contributed by atoms with Crippen LogP contribution in [0, 0.1) is 11.8 Å². The average molecular weight is 762 g/mol. The molecule has 0 radical (unpaired) electrons. The van der Waals surface area contributed by atoms with E-state index in [1.54, 1.807) is 0 Å². The fourth-order valence-electron chi connectivity index (χ4n) is 8.01. The van der Waals surface area contributed by atoms with Gasteiger partial charge < -0.3 is 33.7 Å². The fourth-order valence-corrected chi connectivity index (χ4v) is 8.01. The van der Waals surface area contributed by atoms with Gasteiger partial charge in [0.15, 0.2) is 5.78 Å². The predicted molar refractivity (Wildman–Crippen MR) is 197 cm³/mol. The first kappa shape index (κ1) is 40.1. The van der Waals surface area contributed by atoms with Crippen LogP contribution in [0.2, 0.25) is 0 Å². The number of fused-ring (bicyclic) bond motifs is 6. The van der Waals surface area contributed by atoms with E-state index in [9.17, 15) is 28.8 Å². The summed E-state index contributed by atoms with van der Waals surface area (Å²) < 4.78 is 33.8. The van der Waals surface area contributed by atoms with Crippen molar-refractivity contribution in [3.05, 3.63) is 71.9 Å². The molecule has 55 heavy (non-hydrogen) atoms. The van der Waals surface area contributed by atoms with Crippen molar-refractivity contribution in [1.29, 1.82) is 0 Å². The van der Waals surface area contributed by atoms with Crippen LogP contribution in [-0.2, 0) is 57.2 Å². The van der Waals surface area contributed by atoms with Gasteiger partial charge in [0.05, 0.1) is 11.2 Å². The number of amides is 1. The highest BCUT2D eigenvalue weighted by Crippen LogP contribution is 2.51. The third-order valence-corrected chi connectivity index (χ3v) is 11.6. The molecule has 0 saturated carbocycles. The number of epoxide rings is 2. The smallest absolute Gasteiger partial charge is 0.334 e. The van der Waals surface area contributed by atoms with E-state index < -0.39 is 17.8 Å². The van der Waals surface area contributed by atoms with Crippen molar-refractivity contribution >= 4 is 35.6 Å². The molecule has 2 aliphatic carbocycles. The highest BCUT2D eigenvalue weighted by Gasteiger charge is 2.62. The number of carbonyl (C=O) groups is 6. The molecule has 6 aliphatic rings. The number of ether oxygens (including phenoxy) is 6. The van der Waals surface area contributed by atoms with Crippen LogP contribution in [0.5, 0.6) is 0 Å². The molecule has 1 amide bonds. The van der Waals surface area contributed by atoms with E-state index in [4.69, 9.17) is 28.4 Å². The third-order valence-electron chi connectivity index (χ3n) is 11.6. The minimum atomic E-state index is -0.655. The standard InChI is InChI=1S/C42H51NO12/c1-25-30-15-12-27(9-7-20-41(3)37(54-41)35(30)52-39(25)48)23-50-33(46)18-14-29(44)11-5-6-22-43-32(45)17-19-34(47)51-24-28-10-8-21-42(4)38(55-42)36-31(16-13-28)26(2)40(49)53-36/h9-10,14,17-19,30-31,35-38H,1-2,5-8,11-13,15-16,20-24H2,3-4H3,(H,43,45)/b18-14+,19-17+,27-9+,28-10+/t30-,31-,35-,36-,37-,38-,41+,42+/m0/s1. The monoisotopic (exact) mass is 761 g/mol. The van der Waals surface area contributed by atoms with Crippen molar-refractivity contribution in [2.45, 2.75) is 120 Å². The Bertz CT molecular complexity index is 1610. The van der Waals surface area contributed by atoms with Crippen LogP contribution >= 0.6 is 0 Å². The lowest BCUT2D eigenvalue weighted by molar-refractivity contribution is -0.140. The summed E-state index contributed by atoms with van der Waals surface area (Å²) in [6.45, 7) is 12.3. The summed E-state index contributed by atoms with van der Waals surface area (Å²) in [5, 5.41) is 2.67. The van der Waals surface area contributed by atoms with Crippen molar-refractivity contribution in [2.24, 2.45) is 11.8 Å². The largest absolute Gasteiger partial charge is 0.458 e. The lowest BCUT2D eigenvalue weighted by Crippen LogP contribution is -2.29. The summed E-state index contributed by atoms with van der Waals surface area (Å²) >= 11 is 0. The molecule has 0 spiro atoms. The summed E-state index contributed by atoms with van der Waals surface area (Å²) in [4.78, 5) is 73.6. The maximum absolute atomic E-state index is 12.4. The quantitative estimate of drug-likeness (QED) is 0.0693. The zero-order chi connectivity index (χ0) is 39.3. The molecule has 4 saturated heterocycles. The first-order valence-corrected chi connectivity index (χ1v) is 19.3. The first-order chi connectivity index (χ1) is 26.3. The van der Waals surface area contributed by atoms with E-state index >= 15 is 0 Å². The number of hydrogen-bond acceptors (Lipinski definition) is 12. The van der Waals surface area contributed by atoms with Crippen molar-refractivity contribution in [1.82, 2.24) is 5.32 Å². The maximum atomic E-state index is 12.4.